The van der Waals surface area contributed by atoms with E-state index in [1.54, 1.807) is 0 Å². The highest BCUT2D eigenvalue weighted by atomic mass is 16.3. The molecule has 10 aromatic rings. The van der Waals surface area contributed by atoms with Gasteiger partial charge in [-0.05, 0) is 92.0 Å². The van der Waals surface area contributed by atoms with Crippen LogP contribution in [-0.2, 0) is 5.41 Å². The smallest absolute Gasteiger partial charge is 0.143 e. The highest BCUT2D eigenvalue weighted by molar-refractivity contribution is 6.09. The molecule has 2 aliphatic rings. The zero-order chi connectivity index (χ0) is 37.5. The molecular weight excluding hydrogens is 691 g/mol. The summed E-state index contributed by atoms with van der Waals surface area (Å²) in [5.74, 6) is 0. The van der Waals surface area contributed by atoms with E-state index >= 15 is 0 Å². The Bertz CT molecular complexity index is 3110. The van der Waals surface area contributed by atoms with Crippen molar-refractivity contribution in [3.8, 4) is 44.5 Å². The molecule has 1 spiro atoms. The Morgan fingerprint density at radius 2 is 0.807 bits per heavy atom. The highest BCUT2D eigenvalue weighted by Gasteiger charge is 2.53. The van der Waals surface area contributed by atoms with Crippen LogP contribution in [0.4, 0.5) is 17.1 Å². The van der Waals surface area contributed by atoms with Crippen LogP contribution in [0.25, 0.3) is 66.4 Å². The molecule has 0 unspecified atom stereocenters. The first kappa shape index (κ1) is 31.9. The van der Waals surface area contributed by atoms with Crippen molar-refractivity contribution in [2.75, 3.05) is 4.90 Å². The van der Waals surface area contributed by atoms with Crippen LogP contribution in [-0.4, -0.2) is 0 Å². The van der Waals surface area contributed by atoms with Gasteiger partial charge < -0.3 is 9.32 Å². The third kappa shape index (κ3) is 4.53. The summed E-state index contributed by atoms with van der Waals surface area (Å²) in [7, 11) is 0. The molecule has 266 valence electrons. The number of benzene rings is 9. The first-order valence-electron chi connectivity index (χ1n) is 19.7. The van der Waals surface area contributed by atoms with Crippen molar-refractivity contribution in [1.29, 1.82) is 0 Å². The van der Waals surface area contributed by atoms with Crippen molar-refractivity contribution < 1.29 is 4.42 Å². The van der Waals surface area contributed by atoms with Crippen molar-refractivity contribution in [3.63, 3.8) is 0 Å². The van der Waals surface area contributed by atoms with Gasteiger partial charge in [0.25, 0.3) is 0 Å². The van der Waals surface area contributed by atoms with Gasteiger partial charge in [-0.2, -0.15) is 0 Å². The fraction of sp³-hybridized carbons (Fsp3) is 0.0182. The maximum Gasteiger partial charge on any atom is 0.143 e. The molecule has 0 saturated carbocycles. The lowest BCUT2D eigenvalue weighted by Crippen LogP contribution is -2.28. The topological polar surface area (TPSA) is 16.4 Å². The SMILES string of the molecule is c1ccc(-c2ccc(N(c3ccc(-c4cccc5c4oc4ccccc45)cc3)c3cccc4c3C3(c5ccccc5-c5ccccc53)c3ccccc3-4)cc2)cc1. The molecule has 0 amide bonds. The van der Waals surface area contributed by atoms with Gasteiger partial charge in [0.2, 0.25) is 0 Å². The Balaban J connectivity index is 1.10. The molecule has 0 atom stereocenters. The average molecular weight is 726 g/mol. The number of para-hydroxylation sites is 2. The Morgan fingerprint density at radius 1 is 0.333 bits per heavy atom. The largest absolute Gasteiger partial charge is 0.455 e. The normalized spacial score (nSPS) is 13.1. The lowest BCUT2D eigenvalue weighted by molar-refractivity contribution is 0.670. The van der Waals surface area contributed by atoms with Gasteiger partial charge in [0, 0.05) is 33.3 Å². The van der Waals surface area contributed by atoms with Gasteiger partial charge in [0.1, 0.15) is 11.2 Å². The fourth-order valence-electron chi connectivity index (χ4n) is 9.94. The quantitative estimate of drug-likeness (QED) is 0.176. The van der Waals surface area contributed by atoms with Gasteiger partial charge in [0.05, 0.1) is 11.1 Å². The Morgan fingerprint density at radius 3 is 1.47 bits per heavy atom. The lowest BCUT2D eigenvalue weighted by Gasteiger charge is -2.36. The van der Waals surface area contributed by atoms with Gasteiger partial charge in [-0.1, -0.05) is 176 Å². The van der Waals surface area contributed by atoms with Crippen LogP contribution >= 0.6 is 0 Å². The molecule has 57 heavy (non-hydrogen) atoms. The highest BCUT2D eigenvalue weighted by Crippen LogP contribution is 2.65. The standard InChI is InChI=1S/C55H35NO/c1-2-14-36(15-3-1)37-28-32-39(33-29-37)56(40-34-30-38(31-35-40)41-20-12-22-47-45-19-7-11-27-52(45)57-54(41)47)51-26-13-21-46-44-18-6-10-25-50(44)55(53(46)51)48-23-8-4-16-42(48)43-17-5-9-24-49(43)55/h1-35H. The Labute approximate surface area is 331 Å². The summed E-state index contributed by atoms with van der Waals surface area (Å²) in [5, 5.41) is 2.27. The monoisotopic (exact) mass is 725 g/mol. The summed E-state index contributed by atoms with van der Waals surface area (Å²) in [5.41, 5.74) is 19.7. The minimum absolute atomic E-state index is 0.491. The number of furan rings is 1. The number of anilines is 3. The van der Waals surface area contributed by atoms with E-state index in [1.165, 1.54) is 55.6 Å². The molecule has 0 saturated heterocycles. The molecule has 0 radical (unpaired) electrons. The Hall–Kier alpha value is -7.42. The first-order chi connectivity index (χ1) is 28.3. The summed E-state index contributed by atoms with van der Waals surface area (Å²) in [6.45, 7) is 0. The van der Waals surface area contributed by atoms with Gasteiger partial charge in [-0.3, -0.25) is 0 Å². The van der Waals surface area contributed by atoms with Crippen LogP contribution in [0.1, 0.15) is 22.3 Å². The van der Waals surface area contributed by atoms with Crippen molar-refractivity contribution in [2.45, 2.75) is 5.41 Å². The second-order valence-corrected chi connectivity index (χ2v) is 15.2. The molecule has 1 aromatic heterocycles. The van der Waals surface area contributed by atoms with Crippen molar-refractivity contribution in [3.05, 3.63) is 235 Å². The van der Waals surface area contributed by atoms with Gasteiger partial charge in [0.15, 0.2) is 0 Å². The maximum absolute atomic E-state index is 6.48. The molecule has 0 aliphatic heterocycles. The van der Waals surface area contributed by atoms with Crippen LogP contribution in [0.2, 0.25) is 0 Å². The number of fused-ring (bicyclic) bond motifs is 13. The van der Waals surface area contributed by atoms with E-state index in [0.29, 0.717) is 0 Å². The number of nitrogens with zero attached hydrogens (tertiary/aromatic N) is 1. The van der Waals surface area contributed by atoms with E-state index in [4.69, 9.17) is 4.42 Å². The van der Waals surface area contributed by atoms with Gasteiger partial charge >= 0.3 is 0 Å². The number of rotatable bonds is 5. The third-order valence-electron chi connectivity index (χ3n) is 12.3. The summed E-state index contributed by atoms with van der Waals surface area (Å²) in [6.07, 6.45) is 0. The average Bonchev–Trinajstić information content (AvgIpc) is 3.92. The van der Waals surface area contributed by atoms with E-state index in [9.17, 15) is 0 Å². The van der Waals surface area contributed by atoms with Gasteiger partial charge in [-0.25, -0.2) is 0 Å². The second-order valence-electron chi connectivity index (χ2n) is 15.2. The van der Waals surface area contributed by atoms with Crippen LogP contribution in [0.5, 0.6) is 0 Å². The van der Waals surface area contributed by atoms with Gasteiger partial charge in [-0.15, -0.1) is 0 Å². The molecule has 2 nitrogen and oxygen atoms in total. The fourth-order valence-corrected chi connectivity index (χ4v) is 9.94. The molecule has 0 bridgehead atoms. The molecule has 2 heteroatoms. The van der Waals surface area contributed by atoms with Crippen molar-refractivity contribution in [1.82, 2.24) is 0 Å². The van der Waals surface area contributed by atoms with Crippen LogP contribution in [0, 0.1) is 0 Å². The Kier molecular flexibility index (Phi) is 6.88. The molecule has 0 N–H and O–H groups in total. The lowest BCUT2D eigenvalue weighted by atomic mass is 9.70. The summed E-state index contributed by atoms with van der Waals surface area (Å²) < 4.78 is 6.48. The second kappa shape index (κ2) is 12.3. The van der Waals surface area contributed by atoms with Crippen LogP contribution in [0.15, 0.2) is 217 Å². The molecule has 1 heterocycles. The molecular formula is C55H35NO. The van der Waals surface area contributed by atoms with E-state index in [0.717, 1.165) is 50.1 Å². The first-order valence-corrected chi connectivity index (χ1v) is 19.7. The minimum Gasteiger partial charge on any atom is -0.455 e. The molecule has 2 aliphatic carbocycles. The predicted molar refractivity (Wildman–Crippen MR) is 236 cm³/mol. The zero-order valence-corrected chi connectivity index (χ0v) is 31.1. The van der Waals surface area contributed by atoms with Crippen LogP contribution in [0.3, 0.4) is 0 Å². The van der Waals surface area contributed by atoms with E-state index < -0.39 is 5.41 Å². The van der Waals surface area contributed by atoms with Crippen molar-refractivity contribution in [2.24, 2.45) is 0 Å². The maximum atomic E-state index is 6.48. The number of hydrogen-bond acceptors (Lipinski definition) is 2. The van der Waals surface area contributed by atoms with Crippen molar-refractivity contribution >= 4 is 39.0 Å². The molecule has 9 aromatic carbocycles. The molecule has 12 rings (SSSR count). The number of hydrogen-bond donors (Lipinski definition) is 0. The summed E-state index contributed by atoms with van der Waals surface area (Å²) in [4.78, 5) is 2.47. The van der Waals surface area contributed by atoms with E-state index in [-0.39, 0.29) is 0 Å². The van der Waals surface area contributed by atoms with E-state index in [1.807, 2.05) is 12.1 Å². The third-order valence-corrected chi connectivity index (χ3v) is 12.3. The molecule has 0 fully saturated rings. The van der Waals surface area contributed by atoms with E-state index in [2.05, 4.69) is 205 Å². The zero-order valence-electron chi connectivity index (χ0n) is 31.1. The summed E-state index contributed by atoms with van der Waals surface area (Å²) in [6, 6.07) is 77.5. The minimum atomic E-state index is -0.491. The van der Waals surface area contributed by atoms with Crippen LogP contribution < -0.4 is 4.90 Å². The summed E-state index contributed by atoms with van der Waals surface area (Å²) >= 11 is 0. The predicted octanol–water partition coefficient (Wildman–Crippen LogP) is 14.7.